The van der Waals surface area contributed by atoms with Crippen molar-refractivity contribution in [1.29, 1.82) is 5.26 Å². The van der Waals surface area contributed by atoms with Gasteiger partial charge in [0.2, 0.25) is 0 Å². The van der Waals surface area contributed by atoms with E-state index in [9.17, 15) is 0 Å². The van der Waals surface area contributed by atoms with Crippen molar-refractivity contribution in [2.75, 3.05) is 18.4 Å². The number of aromatic nitrogens is 2. The normalized spacial score (nSPS) is 22.7. The molecule has 0 saturated carbocycles. The predicted molar refractivity (Wildman–Crippen MR) is 68.6 cm³/mol. The van der Waals surface area contributed by atoms with E-state index in [1.165, 1.54) is 6.42 Å². The minimum atomic E-state index is 0.345. The van der Waals surface area contributed by atoms with Gasteiger partial charge in [0.05, 0.1) is 0 Å². The van der Waals surface area contributed by atoms with Crippen molar-refractivity contribution in [1.82, 2.24) is 21.0 Å². The third-order valence-corrected chi connectivity index (χ3v) is 3.24. The molecule has 1 aliphatic rings. The van der Waals surface area contributed by atoms with Gasteiger partial charge in [0.15, 0.2) is 5.69 Å². The van der Waals surface area contributed by atoms with Gasteiger partial charge >= 0.3 is 0 Å². The van der Waals surface area contributed by atoms with Crippen molar-refractivity contribution >= 4 is 5.82 Å². The van der Waals surface area contributed by atoms with E-state index in [0.29, 0.717) is 17.7 Å². The summed E-state index contributed by atoms with van der Waals surface area (Å²) in [6, 6.07) is 5.94. The number of hydrazine groups is 1. The van der Waals surface area contributed by atoms with Crippen LogP contribution in [-0.4, -0.2) is 29.3 Å². The number of rotatable bonds is 5. The van der Waals surface area contributed by atoms with E-state index < -0.39 is 0 Å². The van der Waals surface area contributed by atoms with Crippen LogP contribution in [0.4, 0.5) is 5.82 Å². The Morgan fingerprint density at radius 3 is 3.00 bits per heavy atom. The lowest BCUT2D eigenvalue weighted by Gasteiger charge is -2.13. The zero-order valence-corrected chi connectivity index (χ0v) is 10.5. The van der Waals surface area contributed by atoms with Crippen LogP contribution in [0.5, 0.6) is 0 Å². The second-order valence-corrected chi connectivity index (χ2v) is 4.56. The standard InChI is InChI=1S/C12H18N6/c1-9-10(8-15-16-9)3-2-6-14-12-5-4-11(7-13)17-18-12/h4-5,9-10,15-16H,2-3,6,8H2,1H3,(H,14,18). The highest BCUT2D eigenvalue weighted by atomic mass is 15.4. The fraction of sp³-hybridized carbons (Fsp3) is 0.583. The molecule has 1 aromatic heterocycles. The van der Waals surface area contributed by atoms with Gasteiger partial charge in [-0.05, 0) is 37.8 Å². The van der Waals surface area contributed by atoms with Crippen LogP contribution in [0.25, 0.3) is 0 Å². The van der Waals surface area contributed by atoms with E-state index >= 15 is 0 Å². The Bertz CT molecular complexity index is 410. The Kier molecular flexibility index (Phi) is 4.45. The molecule has 2 unspecified atom stereocenters. The summed E-state index contributed by atoms with van der Waals surface area (Å²) < 4.78 is 0. The fourth-order valence-electron chi connectivity index (χ4n) is 2.06. The van der Waals surface area contributed by atoms with Crippen LogP contribution in [0.2, 0.25) is 0 Å². The van der Waals surface area contributed by atoms with Crippen molar-refractivity contribution in [3.05, 3.63) is 17.8 Å². The van der Waals surface area contributed by atoms with E-state index in [1.807, 2.05) is 6.07 Å². The molecule has 2 rings (SSSR count). The molecule has 0 aromatic carbocycles. The molecular formula is C12H18N6. The van der Waals surface area contributed by atoms with Gasteiger partial charge in [-0.2, -0.15) is 5.26 Å². The van der Waals surface area contributed by atoms with Crippen molar-refractivity contribution in [3.8, 4) is 6.07 Å². The van der Waals surface area contributed by atoms with Crippen LogP contribution >= 0.6 is 0 Å². The largest absolute Gasteiger partial charge is 0.369 e. The van der Waals surface area contributed by atoms with Crippen LogP contribution in [-0.2, 0) is 0 Å². The highest BCUT2D eigenvalue weighted by Crippen LogP contribution is 2.14. The minimum Gasteiger partial charge on any atom is -0.369 e. The maximum Gasteiger partial charge on any atom is 0.163 e. The molecule has 1 fully saturated rings. The fourth-order valence-corrected chi connectivity index (χ4v) is 2.06. The summed E-state index contributed by atoms with van der Waals surface area (Å²) >= 11 is 0. The van der Waals surface area contributed by atoms with Crippen LogP contribution in [0.15, 0.2) is 12.1 Å². The molecule has 6 heteroatoms. The molecule has 0 bridgehead atoms. The maximum atomic E-state index is 8.60. The van der Waals surface area contributed by atoms with E-state index in [-0.39, 0.29) is 0 Å². The molecule has 2 atom stereocenters. The third-order valence-electron chi connectivity index (χ3n) is 3.24. The van der Waals surface area contributed by atoms with Gasteiger partial charge < -0.3 is 5.32 Å². The smallest absolute Gasteiger partial charge is 0.163 e. The lowest BCUT2D eigenvalue weighted by atomic mass is 9.98. The molecule has 1 saturated heterocycles. The second-order valence-electron chi connectivity index (χ2n) is 4.56. The van der Waals surface area contributed by atoms with Gasteiger partial charge in [0, 0.05) is 19.1 Å². The quantitative estimate of drug-likeness (QED) is 0.661. The van der Waals surface area contributed by atoms with E-state index in [0.717, 1.165) is 25.3 Å². The molecule has 3 N–H and O–H groups in total. The molecule has 2 heterocycles. The number of anilines is 1. The molecule has 96 valence electrons. The summed E-state index contributed by atoms with van der Waals surface area (Å²) in [6.45, 7) is 4.12. The Morgan fingerprint density at radius 2 is 2.39 bits per heavy atom. The van der Waals surface area contributed by atoms with E-state index in [1.54, 1.807) is 12.1 Å². The summed E-state index contributed by atoms with van der Waals surface area (Å²) in [5, 5.41) is 19.5. The van der Waals surface area contributed by atoms with Crippen LogP contribution in [0.1, 0.15) is 25.5 Å². The summed E-state index contributed by atoms with van der Waals surface area (Å²) in [5.41, 5.74) is 6.73. The number of nitrogens with zero attached hydrogens (tertiary/aromatic N) is 3. The van der Waals surface area contributed by atoms with Crippen molar-refractivity contribution in [3.63, 3.8) is 0 Å². The molecule has 1 aromatic rings. The Hall–Kier alpha value is -1.71. The second kappa shape index (κ2) is 6.28. The zero-order chi connectivity index (χ0) is 12.8. The molecule has 0 amide bonds. The third kappa shape index (κ3) is 3.39. The number of hydrogen-bond acceptors (Lipinski definition) is 6. The molecule has 0 spiro atoms. The van der Waals surface area contributed by atoms with Crippen molar-refractivity contribution < 1.29 is 0 Å². The molecule has 1 aliphatic heterocycles. The topological polar surface area (TPSA) is 85.7 Å². The summed E-state index contributed by atoms with van der Waals surface area (Å²) in [6.07, 6.45) is 2.28. The van der Waals surface area contributed by atoms with Crippen LogP contribution in [0.3, 0.4) is 0 Å². The summed E-state index contributed by atoms with van der Waals surface area (Å²) in [7, 11) is 0. The number of nitrogens with one attached hydrogen (secondary N) is 3. The predicted octanol–water partition coefficient (Wildman–Crippen LogP) is 0.653. The first-order valence-corrected chi connectivity index (χ1v) is 6.25. The molecule has 6 nitrogen and oxygen atoms in total. The zero-order valence-electron chi connectivity index (χ0n) is 10.5. The Balaban J connectivity index is 1.67. The SMILES string of the molecule is CC1NNCC1CCCNc1ccc(C#N)nn1. The number of hydrogen-bond donors (Lipinski definition) is 3. The maximum absolute atomic E-state index is 8.60. The first-order chi connectivity index (χ1) is 8.79. The Labute approximate surface area is 107 Å². The van der Waals surface area contributed by atoms with Gasteiger partial charge in [0.25, 0.3) is 0 Å². The molecule has 18 heavy (non-hydrogen) atoms. The van der Waals surface area contributed by atoms with E-state index in [4.69, 9.17) is 5.26 Å². The Morgan fingerprint density at radius 1 is 1.50 bits per heavy atom. The highest BCUT2D eigenvalue weighted by Gasteiger charge is 2.21. The average Bonchev–Trinajstić information content (AvgIpc) is 2.81. The molecule has 0 radical (unpaired) electrons. The molecular weight excluding hydrogens is 228 g/mol. The van der Waals surface area contributed by atoms with Gasteiger partial charge in [-0.15, -0.1) is 10.2 Å². The van der Waals surface area contributed by atoms with Crippen molar-refractivity contribution in [2.24, 2.45) is 5.92 Å². The van der Waals surface area contributed by atoms with Crippen LogP contribution < -0.4 is 16.2 Å². The summed E-state index contributed by atoms with van der Waals surface area (Å²) in [4.78, 5) is 0. The lowest BCUT2D eigenvalue weighted by Crippen LogP contribution is -2.28. The van der Waals surface area contributed by atoms with E-state index in [2.05, 4.69) is 33.3 Å². The monoisotopic (exact) mass is 246 g/mol. The summed E-state index contributed by atoms with van der Waals surface area (Å²) in [5.74, 6) is 1.42. The van der Waals surface area contributed by atoms with Gasteiger partial charge in [-0.1, -0.05) is 0 Å². The average molecular weight is 246 g/mol. The first kappa shape index (κ1) is 12.7. The van der Waals surface area contributed by atoms with Gasteiger partial charge in [-0.25, -0.2) is 0 Å². The van der Waals surface area contributed by atoms with Crippen molar-refractivity contribution in [2.45, 2.75) is 25.8 Å². The highest BCUT2D eigenvalue weighted by molar-refractivity contribution is 5.34. The lowest BCUT2D eigenvalue weighted by molar-refractivity contribution is 0.452. The van der Waals surface area contributed by atoms with Gasteiger partial charge in [-0.3, -0.25) is 10.9 Å². The first-order valence-electron chi connectivity index (χ1n) is 6.25. The minimum absolute atomic E-state index is 0.345. The molecule has 0 aliphatic carbocycles. The van der Waals surface area contributed by atoms with Gasteiger partial charge in [0.1, 0.15) is 11.9 Å². The number of nitriles is 1. The van der Waals surface area contributed by atoms with Crippen LogP contribution in [0, 0.1) is 17.2 Å².